The predicted octanol–water partition coefficient (Wildman–Crippen LogP) is 7.73. The fourth-order valence-corrected chi connectivity index (χ4v) is 8.79. The van der Waals surface area contributed by atoms with Crippen molar-refractivity contribution in [2.45, 2.75) is 97.7 Å². The first-order valence-corrected chi connectivity index (χ1v) is 20.7. The molecule has 3 aromatic rings. The summed E-state index contributed by atoms with van der Waals surface area (Å²) in [7, 11) is -3.75. The van der Waals surface area contributed by atoms with Crippen LogP contribution in [-0.4, -0.2) is 95.0 Å². The van der Waals surface area contributed by atoms with Gasteiger partial charge in [0.25, 0.3) is 0 Å². The number of carbonyl (C=O) groups is 2. The van der Waals surface area contributed by atoms with Crippen molar-refractivity contribution in [3.05, 3.63) is 41.3 Å². The molecule has 0 saturated carbocycles. The second-order valence-corrected chi connectivity index (χ2v) is 18.6. The van der Waals surface area contributed by atoms with Crippen LogP contribution in [0.3, 0.4) is 0 Å². The molecule has 2 aromatic heterocycles. The van der Waals surface area contributed by atoms with Crippen LogP contribution in [-0.2, 0) is 19.5 Å². The normalized spacial score (nSPS) is 16.7. The highest BCUT2D eigenvalue weighted by Gasteiger charge is 2.31. The lowest BCUT2D eigenvalue weighted by Gasteiger charge is -2.37. The SMILES string of the molecule is CCCS(=O)(=O)Nc1cccc(-c2nc(C3CCN(CC4CCN(C(=O)OC(C)(C)C)CC4)CC3)sc2-c2ccnc(NC(=O)OC(C)(C)C)n2)c1F. The van der Waals surface area contributed by atoms with Gasteiger partial charge in [0.05, 0.1) is 32.7 Å². The Bertz CT molecular complexity index is 1860. The number of halogens is 1. The highest BCUT2D eigenvalue weighted by Crippen LogP contribution is 2.43. The summed E-state index contributed by atoms with van der Waals surface area (Å²) in [6.07, 6.45) is 4.51. The Hall–Kier alpha value is -3.89. The molecule has 2 N–H and O–H groups in total. The van der Waals surface area contributed by atoms with Gasteiger partial charge < -0.3 is 19.3 Å². The minimum atomic E-state index is -3.75. The Labute approximate surface area is 316 Å². The summed E-state index contributed by atoms with van der Waals surface area (Å²) in [6, 6.07) is 6.23. The van der Waals surface area contributed by atoms with E-state index in [9.17, 15) is 18.0 Å². The Balaban J connectivity index is 1.35. The summed E-state index contributed by atoms with van der Waals surface area (Å²) < 4.78 is 54.6. The second kappa shape index (κ2) is 16.6. The number of sulfonamides is 1. The molecule has 2 aliphatic heterocycles. The van der Waals surface area contributed by atoms with Crippen molar-refractivity contribution in [1.29, 1.82) is 0 Å². The van der Waals surface area contributed by atoms with Crippen molar-refractivity contribution in [3.63, 3.8) is 0 Å². The first kappa shape index (κ1) is 40.3. The van der Waals surface area contributed by atoms with Gasteiger partial charge in [0.15, 0.2) is 5.82 Å². The van der Waals surface area contributed by atoms with Crippen LogP contribution in [0.2, 0.25) is 0 Å². The van der Waals surface area contributed by atoms with Gasteiger partial charge in [0.1, 0.15) is 11.2 Å². The van der Waals surface area contributed by atoms with Gasteiger partial charge in [0, 0.05) is 37.3 Å². The third-order valence-electron chi connectivity index (χ3n) is 8.86. The average molecular weight is 774 g/mol. The van der Waals surface area contributed by atoms with E-state index in [1.54, 1.807) is 50.8 Å². The van der Waals surface area contributed by atoms with Crippen molar-refractivity contribution in [3.8, 4) is 21.8 Å². The molecule has 2 saturated heterocycles. The smallest absolute Gasteiger partial charge is 0.414 e. The maximum absolute atomic E-state index is 16.2. The highest BCUT2D eigenvalue weighted by molar-refractivity contribution is 7.92. The fourth-order valence-electron chi connectivity index (χ4n) is 6.44. The van der Waals surface area contributed by atoms with E-state index in [4.69, 9.17) is 14.5 Å². The van der Waals surface area contributed by atoms with Gasteiger partial charge in [-0.15, -0.1) is 11.3 Å². The van der Waals surface area contributed by atoms with Crippen LogP contribution in [0.5, 0.6) is 0 Å². The number of nitrogens with zero attached hydrogens (tertiary/aromatic N) is 5. The molecule has 13 nitrogen and oxygen atoms in total. The van der Waals surface area contributed by atoms with E-state index in [-0.39, 0.29) is 35.0 Å². The number of piperidine rings is 2. The summed E-state index contributed by atoms with van der Waals surface area (Å²) in [5.74, 6) is -0.243. The fraction of sp³-hybridized carbons (Fsp3) is 0.595. The minimum absolute atomic E-state index is 0.0180. The lowest BCUT2D eigenvalue weighted by atomic mass is 9.93. The third kappa shape index (κ3) is 11.3. The zero-order valence-corrected chi connectivity index (χ0v) is 33.3. The Kier molecular flexibility index (Phi) is 12.7. The van der Waals surface area contributed by atoms with E-state index in [1.165, 1.54) is 23.6 Å². The molecule has 2 aliphatic rings. The van der Waals surface area contributed by atoms with Gasteiger partial charge in [-0.25, -0.2) is 37.3 Å². The molecule has 0 unspecified atom stereocenters. The van der Waals surface area contributed by atoms with Crippen LogP contribution >= 0.6 is 11.3 Å². The van der Waals surface area contributed by atoms with Crippen LogP contribution in [0, 0.1) is 11.7 Å². The monoisotopic (exact) mass is 773 g/mol. The van der Waals surface area contributed by atoms with E-state index >= 15 is 4.39 Å². The molecular weight excluding hydrogens is 722 g/mol. The van der Waals surface area contributed by atoms with Crippen molar-refractivity contribution in [2.24, 2.45) is 5.92 Å². The van der Waals surface area contributed by atoms with Gasteiger partial charge in [-0.05, 0) is 111 Å². The molecule has 16 heteroatoms. The number of likely N-dealkylation sites (tertiary alicyclic amines) is 2. The van der Waals surface area contributed by atoms with Gasteiger partial charge >= 0.3 is 12.2 Å². The zero-order chi connectivity index (χ0) is 38.6. The van der Waals surface area contributed by atoms with E-state index < -0.39 is 33.1 Å². The van der Waals surface area contributed by atoms with Gasteiger partial charge in [0.2, 0.25) is 16.0 Å². The largest absolute Gasteiger partial charge is 0.444 e. The first-order chi connectivity index (χ1) is 24.9. The van der Waals surface area contributed by atoms with Gasteiger partial charge in [-0.1, -0.05) is 13.0 Å². The standard InChI is InChI=1S/C37H52FN7O6S2/c1-8-22-53(48,49)43-27-11-9-10-26(29(27)38)30-31(28-12-17-39-33(40-28)42-34(46)50-36(2,3)4)52-32(41-30)25-15-18-44(19-16-25)23-24-13-20-45(21-14-24)35(47)51-37(5,6)7/h9-12,17,24-25,43H,8,13-16,18-23H2,1-7H3,(H,39,40,42,46). The Morgan fingerprint density at radius 1 is 0.962 bits per heavy atom. The van der Waals surface area contributed by atoms with Gasteiger partial charge in [-0.3, -0.25) is 10.0 Å². The van der Waals surface area contributed by atoms with Crippen molar-refractivity contribution in [2.75, 3.05) is 48.5 Å². The molecule has 0 bridgehead atoms. The molecule has 0 atom stereocenters. The molecule has 1 aromatic carbocycles. The lowest BCUT2D eigenvalue weighted by molar-refractivity contribution is 0.0165. The number of nitrogens with one attached hydrogen (secondary N) is 2. The molecule has 4 heterocycles. The van der Waals surface area contributed by atoms with Gasteiger partial charge in [-0.2, -0.15) is 0 Å². The molecule has 0 aliphatic carbocycles. The van der Waals surface area contributed by atoms with E-state index in [1.807, 2.05) is 20.8 Å². The number of ether oxygens (including phenoxy) is 2. The summed E-state index contributed by atoms with van der Waals surface area (Å²) in [4.78, 5) is 43.6. The molecule has 0 spiro atoms. The van der Waals surface area contributed by atoms with Crippen LogP contribution in [0.15, 0.2) is 30.5 Å². The summed E-state index contributed by atoms with van der Waals surface area (Å²) in [6.45, 7) is 16.7. The lowest BCUT2D eigenvalue weighted by Crippen LogP contribution is -2.44. The molecular formula is C37H52FN7O6S2. The summed E-state index contributed by atoms with van der Waals surface area (Å²) in [5.41, 5.74) is -0.499. The topological polar surface area (TPSA) is 156 Å². The Morgan fingerprint density at radius 3 is 2.28 bits per heavy atom. The minimum Gasteiger partial charge on any atom is -0.444 e. The average Bonchev–Trinajstić information content (AvgIpc) is 3.50. The number of amides is 2. The molecule has 2 amide bonds. The molecule has 53 heavy (non-hydrogen) atoms. The van der Waals surface area contributed by atoms with E-state index in [0.29, 0.717) is 41.7 Å². The third-order valence-corrected chi connectivity index (χ3v) is 11.6. The number of hydrogen-bond donors (Lipinski definition) is 2. The summed E-state index contributed by atoms with van der Waals surface area (Å²) in [5, 5.41) is 3.40. The molecule has 5 rings (SSSR count). The maximum atomic E-state index is 16.2. The highest BCUT2D eigenvalue weighted by atomic mass is 32.2. The number of benzene rings is 1. The number of carbonyl (C=O) groups excluding carboxylic acids is 2. The molecule has 290 valence electrons. The number of anilines is 2. The zero-order valence-electron chi connectivity index (χ0n) is 31.7. The van der Waals surface area contributed by atoms with Crippen molar-refractivity contribution >= 4 is 45.2 Å². The van der Waals surface area contributed by atoms with Crippen LogP contribution in [0.4, 0.5) is 25.6 Å². The van der Waals surface area contributed by atoms with E-state index in [2.05, 4.69) is 24.9 Å². The first-order valence-electron chi connectivity index (χ1n) is 18.2. The number of hydrogen-bond acceptors (Lipinski definition) is 11. The van der Waals surface area contributed by atoms with Crippen LogP contribution < -0.4 is 10.0 Å². The Morgan fingerprint density at radius 2 is 1.64 bits per heavy atom. The second-order valence-electron chi connectivity index (χ2n) is 15.7. The van der Waals surface area contributed by atoms with Crippen molar-refractivity contribution < 1.29 is 31.9 Å². The number of aromatic nitrogens is 3. The maximum Gasteiger partial charge on any atom is 0.414 e. The molecule has 2 fully saturated rings. The number of rotatable bonds is 10. The number of thiazole rings is 1. The van der Waals surface area contributed by atoms with E-state index in [0.717, 1.165) is 50.3 Å². The summed E-state index contributed by atoms with van der Waals surface area (Å²) >= 11 is 1.41. The van der Waals surface area contributed by atoms with Crippen LogP contribution in [0.25, 0.3) is 21.8 Å². The predicted molar refractivity (Wildman–Crippen MR) is 205 cm³/mol. The van der Waals surface area contributed by atoms with Crippen molar-refractivity contribution in [1.82, 2.24) is 24.8 Å². The van der Waals surface area contributed by atoms with Crippen LogP contribution in [0.1, 0.15) is 91.5 Å². The molecule has 0 radical (unpaired) electrons. The quantitative estimate of drug-likeness (QED) is 0.209.